The molecule has 2 aliphatic rings. The van der Waals surface area contributed by atoms with Crippen LogP contribution in [0.15, 0.2) is 42.5 Å². The van der Waals surface area contributed by atoms with E-state index in [1.165, 1.54) is 18.6 Å². The molecule has 49 heavy (non-hydrogen) atoms. The fraction of sp³-hybridized carbons (Fsp3) is 0.622. The Morgan fingerprint density at radius 1 is 1.04 bits per heavy atom. The number of amides is 3. The zero-order valence-corrected chi connectivity index (χ0v) is 29.2. The Morgan fingerprint density at radius 3 is 2.41 bits per heavy atom. The van der Waals surface area contributed by atoms with Gasteiger partial charge in [0, 0.05) is 43.9 Å². The first-order valence-corrected chi connectivity index (χ1v) is 17.6. The molecule has 1 aliphatic carbocycles. The number of anilines is 1. The van der Waals surface area contributed by atoms with Gasteiger partial charge in [-0.3, -0.25) is 9.69 Å². The van der Waals surface area contributed by atoms with Crippen LogP contribution in [0.25, 0.3) is 0 Å². The van der Waals surface area contributed by atoms with Crippen molar-refractivity contribution in [3.05, 3.63) is 59.2 Å². The van der Waals surface area contributed by atoms with Crippen molar-refractivity contribution in [2.45, 2.75) is 109 Å². The molecule has 4 rings (SSSR count). The smallest absolute Gasteiger partial charge is 0.416 e. The molecular weight excluding hydrogens is 637 g/mol. The third kappa shape index (κ3) is 11.6. The van der Waals surface area contributed by atoms with Gasteiger partial charge in [0.25, 0.3) is 5.91 Å². The van der Waals surface area contributed by atoms with Crippen molar-refractivity contribution in [2.75, 3.05) is 38.7 Å². The van der Waals surface area contributed by atoms with E-state index in [-0.39, 0.29) is 49.3 Å². The monoisotopic (exact) mass is 690 g/mol. The quantitative estimate of drug-likeness (QED) is 0.274. The largest absolute Gasteiger partial charge is 0.490 e. The zero-order valence-electron chi connectivity index (χ0n) is 29.2. The number of rotatable bonds is 8. The minimum atomic E-state index is -4.39. The van der Waals surface area contributed by atoms with Crippen molar-refractivity contribution in [3.8, 4) is 5.75 Å². The average Bonchev–Trinajstić information content (AvgIpc) is 3.06. The van der Waals surface area contributed by atoms with E-state index in [1.54, 1.807) is 30.0 Å². The predicted octanol–water partition coefficient (Wildman–Crippen LogP) is 7.09. The first-order valence-electron chi connectivity index (χ1n) is 17.6. The van der Waals surface area contributed by atoms with Crippen LogP contribution in [0.4, 0.5) is 23.7 Å². The third-order valence-corrected chi connectivity index (χ3v) is 9.48. The Hall–Kier alpha value is -3.35. The summed E-state index contributed by atoms with van der Waals surface area (Å²) in [6, 6.07) is 9.56. The van der Waals surface area contributed by atoms with Crippen LogP contribution in [0.3, 0.4) is 0 Å². The van der Waals surface area contributed by atoms with Gasteiger partial charge in [0.15, 0.2) is 0 Å². The van der Waals surface area contributed by atoms with E-state index in [1.807, 2.05) is 25.8 Å². The van der Waals surface area contributed by atoms with Crippen LogP contribution in [-0.4, -0.2) is 84.5 Å². The molecule has 1 aliphatic heterocycles. The number of halogens is 3. The van der Waals surface area contributed by atoms with Crippen LogP contribution in [0.1, 0.15) is 93.6 Å². The maximum Gasteiger partial charge on any atom is 0.416 e. The number of nitrogens with one attached hydrogen (secondary N) is 2. The molecule has 9 nitrogen and oxygen atoms in total. The first kappa shape index (κ1) is 38.5. The summed E-state index contributed by atoms with van der Waals surface area (Å²) in [6.45, 7) is 7.17. The molecule has 2 aromatic rings. The second kappa shape index (κ2) is 18.1. The summed E-state index contributed by atoms with van der Waals surface area (Å²) in [4.78, 5) is 30.9. The van der Waals surface area contributed by atoms with Gasteiger partial charge in [-0.05, 0) is 88.9 Å². The fourth-order valence-electron chi connectivity index (χ4n) is 6.54. The lowest BCUT2D eigenvalue weighted by Gasteiger charge is -2.36. The second-order valence-corrected chi connectivity index (χ2v) is 13.8. The van der Waals surface area contributed by atoms with Crippen molar-refractivity contribution in [3.63, 3.8) is 0 Å². The van der Waals surface area contributed by atoms with Crippen LogP contribution in [0, 0.1) is 5.92 Å². The molecule has 0 saturated heterocycles. The van der Waals surface area contributed by atoms with Gasteiger partial charge in [-0.1, -0.05) is 38.3 Å². The third-order valence-electron chi connectivity index (χ3n) is 9.48. The number of benzene rings is 2. The van der Waals surface area contributed by atoms with Crippen LogP contribution in [0.5, 0.6) is 5.75 Å². The van der Waals surface area contributed by atoms with E-state index in [0.717, 1.165) is 62.6 Å². The van der Waals surface area contributed by atoms with Crippen molar-refractivity contribution < 1.29 is 37.3 Å². The summed E-state index contributed by atoms with van der Waals surface area (Å²) in [5, 5.41) is 16.2. The molecule has 4 atom stereocenters. The standard InChI is InChI=1S/C37H53F3N4O5/c1-25-21-44(26(2)24-45)35(46)32-20-31(42-36(47)41-30-11-6-5-7-12-30)17-18-33(32)49-27(3)10-8-9-19-48-34(25)23-43(4)22-28-13-15-29(16-14-28)37(38,39)40/h13-18,20,25-27,30,34,45H,5-12,19,21-24H2,1-4H3,(H2,41,42,47)/t25-,26+,27-,34-/m0/s1. The molecular formula is C37H53F3N4O5. The highest BCUT2D eigenvalue weighted by atomic mass is 19.4. The molecule has 0 radical (unpaired) electrons. The number of likely N-dealkylation sites (N-methyl/N-ethyl adjacent to an activating group) is 1. The molecule has 1 saturated carbocycles. The molecule has 0 spiro atoms. The Labute approximate surface area is 288 Å². The van der Waals surface area contributed by atoms with Gasteiger partial charge < -0.3 is 30.1 Å². The van der Waals surface area contributed by atoms with Crippen LogP contribution < -0.4 is 15.4 Å². The Kier molecular flexibility index (Phi) is 14.2. The molecule has 2 aromatic carbocycles. The van der Waals surface area contributed by atoms with Gasteiger partial charge in [0.1, 0.15) is 5.75 Å². The SMILES string of the molecule is C[C@H](CO)N1C[C@H](C)[C@H](CN(C)Cc2ccc(C(F)(F)F)cc2)OCCCC[C@H](C)Oc2ccc(NC(=O)NC3CCCCC3)cc2C1=O. The van der Waals surface area contributed by atoms with Crippen molar-refractivity contribution in [2.24, 2.45) is 5.92 Å². The van der Waals surface area contributed by atoms with Crippen molar-refractivity contribution >= 4 is 17.6 Å². The van der Waals surface area contributed by atoms with Crippen LogP contribution >= 0.6 is 0 Å². The molecule has 0 aromatic heterocycles. The van der Waals surface area contributed by atoms with E-state index < -0.39 is 17.8 Å². The van der Waals surface area contributed by atoms with E-state index in [0.29, 0.717) is 36.7 Å². The number of aliphatic hydroxyl groups excluding tert-OH is 1. The number of alkyl halides is 3. The van der Waals surface area contributed by atoms with E-state index in [4.69, 9.17) is 9.47 Å². The summed E-state index contributed by atoms with van der Waals surface area (Å²) < 4.78 is 51.9. The maximum absolute atomic E-state index is 14.4. The van der Waals surface area contributed by atoms with Crippen LogP contribution in [-0.2, 0) is 17.5 Å². The predicted molar refractivity (Wildman–Crippen MR) is 184 cm³/mol. The van der Waals surface area contributed by atoms with E-state index in [9.17, 15) is 27.9 Å². The number of carbonyl (C=O) groups is 2. The van der Waals surface area contributed by atoms with Gasteiger partial charge in [-0.15, -0.1) is 0 Å². The van der Waals surface area contributed by atoms with Gasteiger partial charge in [-0.25, -0.2) is 4.79 Å². The molecule has 272 valence electrons. The van der Waals surface area contributed by atoms with E-state index >= 15 is 0 Å². The Bertz CT molecular complexity index is 1350. The highest BCUT2D eigenvalue weighted by molar-refractivity contribution is 5.99. The van der Waals surface area contributed by atoms with Gasteiger partial charge in [0.2, 0.25) is 0 Å². The topological polar surface area (TPSA) is 103 Å². The lowest BCUT2D eigenvalue weighted by molar-refractivity contribution is -0.137. The lowest BCUT2D eigenvalue weighted by Crippen LogP contribution is -2.47. The highest BCUT2D eigenvalue weighted by Gasteiger charge is 2.32. The number of aliphatic hydroxyl groups is 1. The van der Waals surface area contributed by atoms with Crippen molar-refractivity contribution in [1.29, 1.82) is 0 Å². The first-order chi connectivity index (χ1) is 23.3. The number of carbonyl (C=O) groups excluding carboxylic acids is 2. The molecule has 0 bridgehead atoms. The number of hydrogen-bond acceptors (Lipinski definition) is 6. The molecule has 12 heteroatoms. The zero-order chi connectivity index (χ0) is 35.6. The van der Waals surface area contributed by atoms with Crippen molar-refractivity contribution in [1.82, 2.24) is 15.1 Å². The van der Waals surface area contributed by atoms with Gasteiger partial charge >= 0.3 is 12.2 Å². The molecule has 1 heterocycles. The van der Waals surface area contributed by atoms with Crippen LogP contribution in [0.2, 0.25) is 0 Å². The molecule has 1 fully saturated rings. The summed E-state index contributed by atoms with van der Waals surface area (Å²) in [5.74, 6) is -0.0812. The Balaban J connectivity index is 1.54. The van der Waals surface area contributed by atoms with Gasteiger partial charge in [-0.2, -0.15) is 13.2 Å². The number of nitrogens with zero attached hydrogens (tertiary/aromatic N) is 2. The molecule has 3 amide bonds. The molecule has 3 N–H and O–H groups in total. The minimum Gasteiger partial charge on any atom is -0.490 e. The maximum atomic E-state index is 14.4. The molecule has 0 unspecified atom stereocenters. The highest BCUT2D eigenvalue weighted by Crippen LogP contribution is 2.30. The number of fused-ring (bicyclic) bond motifs is 1. The number of urea groups is 1. The second-order valence-electron chi connectivity index (χ2n) is 13.8. The summed E-state index contributed by atoms with van der Waals surface area (Å²) >= 11 is 0. The average molecular weight is 691 g/mol. The number of ether oxygens (including phenoxy) is 2. The lowest BCUT2D eigenvalue weighted by atomic mass is 9.96. The van der Waals surface area contributed by atoms with Gasteiger partial charge in [0.05, 0.1) is 36.0 Å². The summed E-state index contributed by atoms with van der Waals surface area (Å²) in [6.07, 6.45) is 2.78. The minimum absolute atomic E-state index is 0.128. The summed E-state index contributed by atoms with van der Waals surface area (Å²) in [5.41, 5.74) is 0.825. The normalized spacial score (nSPS) is 22.5. The van der Waals surface area contributed by atoms with E-state index in [2.05, 4.69) is 10.6 Å². The summed E-state index contributed by atoms with van der Waals surface area (Å²) in [7, 11) is 1.90. The Morgan fingerprint density at radius 2 is 1.73 bits per heavy atom. The number of hydrogen-bond donors (Lipinski definition) is 3. The fourth-order valence-corrected chi connectivity index (χ4v) is 6.54.